The molecule has 4 nitrogen and oxygen atoms in total. The summed E-state index contributed by atoms with van der Waals surface area (Å²) in [5, 5.41) is 0. The summed E-state index contributed by atoms with van der Waals surface area (Å²) in [7, 11) is -3.74. The monoisotopic (exact) mass is 274 g/mol. The van der Waals surface area contributed by atoms with Gasteiger partial charge in [-0.15, -0.1) is 0 Å². The number of nitrogens with two attached hydrogens (primary N) is 1. The van der Waals surface area contributed by atoms with Crippen LogP contribution in [-0.4, -0.2) is 21.0 Å². The van der Waals surface area contributed by atoms with Crippen LogP contribution in [0, 0.1) is 18.7 Å². The Morgan fingerprint density at radius 1 is 1.39 bits per heavy atom. The van der Waals surface area contributed by atoms with Crippen molar-refractivity contribution in [3.05, 3.63) is 29.6 Å². The number of hydrogen-bond acceptors (Lipinski definition) is 3. The van der Waals surface area contributed by atoms with Gasteiger partial charge >= 0.3 is 0 Å². The molecule has 1 unspecified atom stereocenters. The summed E-state index contributed by atoms with van der Waals surface area (Å²) in [5.41, 5.74) is 6.03. The fraction of sp³-hybridized carbons (Fsp3) is 0.500. The Bertz CT molecular complexity index is 515. The third-order valence-electron chi connectivity index (χ3n) is 2.80. The lowest BCUT2D eigenvalue weighted by Crippen LogP contribution is -2.43. The standard InChI is InChI=1S/C12H19FN2O2S/c1-8(2)11(7-14)15-18(16,17)12-6-10(13)5-4-9(12)3/h4-6,8,11,15H,7,14H2,1-3H3. The molecule has 0 heterocycles. The van der Waals surface area contributed by atoms with Gasteiger partial charge in [-0.05, 0) is 30.5 Å². The third kappa shape index (κ3) is 3.51. The summed E-state index contributed by atoms with van der Waals surface area (Å²) in [6, 6.07) is 3.33. The molecule has 1 aromatic rings. The fourth-order valence-corrected chi connectivity index (χ4v) is 3.24. The minimum atomic E-state index is -3.74. The zero-order valence-corrected chi connectivity index (χ0v) is 11.6. The van der Waals surface area contributed by atoms with Gasteiger partial charge in [0.2, 0.25) is 10.0 Å². The Kier molecular flexibility index (Phi) is 4.84. The van der Waals surface area contributed by atoms with Gasteiger partial charge in [-0.1, -0.05) is 19.9 Å². The molecule has 6 heteroatoms. The minimum absolute atomic E-state index is 0.0402. The van der Waals surface area contributed by atoms with Crippen LogP contribution in [0.3, 0.4) is 0 Å². The van der Waals surface area contributed by atoms with Gasteiger partial charge in [0.15, 0.2) is 0 Å². The van der Waals surface area contributed by atoms with E-state index in [4.69, 9.17) is 5.73 Å². The molecule has 3 N–H and O–H groups in total. The highest BCUT2D eigenvalue weighted by Gasteiger charge is 2.23. The average molecular weight is 274 g/mol. The number of aryl methyl sites for hydroxylation is 1. The van der Waals surface area contributed by atoms with Crippen molar-refractivity contribution in [1.82, 2.24) is 4.72 Å². The molecule has 0 fully saturated rings. The van der Waals surface area contributed by atoms with Crippen molar-refractivity contribution in [2.75, 3.05) is 6.54 Å². The molecule has 0 bridgehead atoms. The first kappa shape index (κ1) is 15.1. The molecule has 1 atom stereocenters. The number of rotatable bonds is 5. The molecule has 0 radical (unpaired) electrons. The van der Waals surface area contributed by atoms with Gasteiger partial charge in [-0.25, -0.2) is 17.5 Å². The van der Waals surface area contributed by atoms with Crippen LogP contribution in [0.15, 0.2) is 23.1 Å². The number of halogens is 1. The van der Waals surface area contributed by atoms with Crippen molar-refractivity contribution >= 4 is 10.0 Å². The lowest BCUT2D eigenvalue weighted by Gasteiger charge is -2.21. The van der Waals surface area contributed by atoms with Crippen molar-refractivity contribution in [2.45, 2.75) is 31.7 Å². The molecule has 0 amide bonds. The van der Waals surface area contributed by atoms with Crippen LogP contribution in [0.5, 0.6) is 0 Å². The van der Waals surface area contributed by atoms with Crippen molar-refractivity contribution < 1.29 is 12.8 Å². The predicted octanol–water partition coefficient (Wildman–Crippen LogP) is 1.40. The topological polar surface area (TPSA) is 72.2 Å². The molecule has 0 aliphatic heterocycles. The van der Waals surface area contributed by atoms with Crippen LogP contribution in [0.2, 0.25) is 0 Å². The molecule has 0 saturated heterocycles. The van der Waals surface area contributed by atoms with Crippen LogP contribution in [0.25, 0.3) is 0 Å². The molecule has 1 rings (SSSR count). The normalized spacial score (nSPS) is 13.9. The Morgan fingerprint density at radius 3 is 2.50 bits per heavy atom. The van der Waals surface area contributed by atoms with E-state index in [1.165, 1.54) is 12.1 Å². The Morgan fingerprint density at radius 2 is 2.00 bits per heavy atom. The summed E-state index contributed by atoms with van der Waals surface area (Å²) in [5.74, 6) is -0.506. The first-order valence-electron chi connectivity index (χ1n) is 5.76. The predicted molar refractivity (Wildman–Crippen MR) is 69.1 cm³/mol. The van der Waals surface area contributed by atoms with E-state index in [9.17, 15) is 12.8 Å². The lowest BCUT2D eigenvalue weighted by molar-refractivity contribution is 0.454. The van der Waals surface area contributed by atoms with Crippen molar-refractivity contribution in [1.29, 1.82) is 0 Å². The molecule has 0 spiro atoms. The van der Waals surface area contributed by atoms with Crippen LogP contribution < -0.4 is 10.5 Å². The number of nitrogens with one attached hydrogen (secondary N) is 1. The smallest absolute Gasteiger partial charge is 0.241 e. The zero-order chi connectivity index (χ0) is 13.9. The summed E-state index contributed by atoms with van der Waals surface area (Å²) >= 11 is 0. The highest BCUT2D eigenvalue weighted by molar-refractivity contribution is 7.89. The molecular formula is C12H19FN2O2S. The molecule has 102 valence electrons. The largest absolute Gasteiger partial charge is 0.329 e. The molecule has 0 saturated carbocycles. The van der Waals surface area contributed by atoms with Crippen molar-refractivity contribution in [3.63, 3.8) is 0 Å². The fourth-order valence-electron chi connectivity index (χ4n) is 1.58. The molecule has 18 heavy (non-hydrogen) atoms. The second-order valence-electron chi connectivity index (χ2n) is 4.62. The van der Waals surface area contributed by atoms with Crippen LogP contribution in [0.4, 0.5) is 4.39 Å². The molecular weight excluding hydrogens is 255 g/mol. The maximum absolute atomic E-state index is 13.1. The molecule has 0 aliphatic carbocycles. The second kappa shape index (κ2) is 5.77. The first-order chi connectivity index (χ1) is 8.27. The summed E-state index contributed by atoms with van der Waals surface area (Å²) in [6.07, 6.45) is 0. The van der Waals surface area contributed by atoms with E-state index in [2.05, 4.69) is 4.72 Å². The van der Waals surface area contributed by atoms with Gasteiger partial charge in [0, 0.05) is 12.6 Å². The van der Waals surface area contributed by atoms with Gasteiger partial charge in [-0.2, -0.15) is 0 Å². The van der Waals surface area contributed by atoms with Crippen molar-refractivity contribution in [3.8, 4) is 0 Å². The second-order valence-corrected chi connectivity index (χ2v) is 6.30. The van der Waals surface area contributed by atoms with Gasteiger partial charge in [-0.3, -0.25) is 0 Å². The van der Waals surface area contributed by atoms with Gasteiger partial charge < -0.3 is 5.73 Å². The van der Waals surface area contributed by atoms with Crippen LogP contribution >= 0.6 is 0 Å². The Balaban J connectivity index is 3.10. The highest BCUT2D eigenvalue weighted by atomic mass is 32.2. The summed E-state index contributed by atoms with van der Waals surface area (Å²) < 4.78 is 39.9. The Hall–Kier alpha value is -0.980. The maximum Gasteiger partial charge on any atom is 0.241 e. The summed E-state index contributed by atoms with van der Waals surface area (Å²) in [6.45, 7) is 5.57. The number of hydrogen-bond donors (Lipinski definition) is 2. The van der Waals surface area contributed by atoms with Gasteiger partial charge in [0.05, 0.1) is 4.90 Å². The van der Waals surface area contributed by atoms with Crippen molar-refractivity contribution in [2.24, 2.45) is 11.7 Å². The van der Waals surface area contributed by atoms with Gasteiger partial charge in [0.1, 0.15) is 5.82 Å². The Labute approximate surface area is 107 Å². The van der Waals surface area contributed by atoms with Gasteiger partial charge in [0.25, 0.3) is 0 Å². The minimum Gasteiger partial charge on any atom is -0.329 e. The number of sulfonamides is 1. The first-order valence-corrected chi connectivity index (χ1v) is 7.24. The lowest BCUT2D eigenvalue weighted by atomic mass is 10.1. The van der Waals surface area contributed by atoms with E-state index in [1.54, 1.807) is 6.92 Å². The highest BCUT2D eigenvalue weighted by Crippen LogP contribution is 2.17. The summed E-state index contributed by atoms with van der Waals surface area (Å²) in [4.78, 5) is -0.0402. The van der Waals surface area contributed by atoms with Crippen LogP contribution in [-0.2, 0) is 10.0 Å². The zero-order valence-electron chi connectivity index (χ0n) is 10.8. The van der Waals surface area contributed by atoms with E-state index in [1.807, 2.05) is 13.8 Å². The van der Waals surface area contributed by atoms with E-state index in [0.717, 1.165) is 6.07 Å². The van der Waals surface area contributed by atoms with Crippen LogP contribution in [0.1, 0.15) is 19.4 Å². The third-order valence-corrected chi connectivity index (χ3v) is 4.44. The molecule has 1 aromatic carbocycles. The van der Waals surface area contributed by atoms with E-state index in [0.29, 0.717) is 5.56 Å². The quantitative estimate of drug-likeness (QED) is 0.852. The van der Waals surface area contributed by atoms with E-state index >= 15 is 0 Å². The van der Waals surface area contributed by atoms with E-state index < -0.39 is 15.8 Å². The van der Waals surface area contributed by atoms with E-state index in [-0.39, 0.29) is 23.4 Å². The molecule has 0 aromatic heterocycles. The number of benzene rings is 1. The average Bonchev–Trinajstić information content (AvgIpc) is 2.28. The molecule has 0 aliphatic rings. The SMILES string of the molecule is Cc1ccc(F)cc1S(=O)(=O)NC(CN)C(C)C. The maximum atomic E-state index is 13.1.